The van der Waals surface area contributed by atoms with E-state index in [2.05, 4.69) is 16.1 Å². The quantitative estimate of drug-likeness (QED) is 0.543. The summed E-state index contributed by atoms with van der Waals surface area (Å²) >= 11 is 5.29. The van der Waals surface area contributed by atoms with Crippen molar-refractivity contribution in [1.82, 2.24) is 15.8 Å². The molecule has 2 aromatic rings. The van der Waals surface area contributed by atoms with Crippen LogP contribution in [0.1, 0.15) is 23.6 Å². The Balaban J connectivity index is 1.75. The number of hydrogen-bond acceptors (Lipinski definition) is 4. The summed E-state index contributed by atoms with van der Waals surface area (Å²) in [6.07, 6.45) is 0. The van der Waals surface area contributed by atoms with Gasteiger partial charge in [-0.25, -0.2) is 4.79 Å². The SMILES string of the molecule is COc1ccc([C@]2(C)NC(=O)N(NC(=S)Nc3cc(C)ccc3C)C2=O)cc1. The molecule has 0 unspecified atom stereocenters. The van der Waals surface area contributed by atoms with Crippen LogP contribution in [-0.4, -0.2) is 29.2 Å². The number of aryl methyl sites for hydroxylation is 2. The highest BCUT2D eigenvalue weighted by Crippen LogP contribution is 2.29. The van der Waals surface area contributed by atoms with E-state index in [1.54, 1.807) is 38.3 Å². The number of nitrogens with zero attached hydrogens (tertiary/aromatic N) is 1. The molecule has 0 radical (unpaired) electrons. The van der Waals surface area contributed by atoms with Gasteiger partial charge < -0.3 is 15.4 Å². The lowest BCUT2D eigenvalue weighted by Gasteiger charge is -2.23. The van der Waals surface area contributed by atoms with Gasteiger partial charge in [0.25, 0.3) is 5.91 Å². The van der Waals surface area contributed by atoms with Gasteiger partial charge in [0.05, 0.1) is 7.11 Å². The lowest BCUT2D eigenvalue weighted by atomic mass is 9.92. The first kappa shape index (κ1) is 19.6. The van der Waals surface area contributed by atoms with Gasteiger partial charge in [0, 0.05) is 5.69 Å². The van der Waals surface area contributed by atoms with E-state index in [1.807, 2.05) is 32.0 Å². The molecule has 7 nitrogen and oxygen atoms in total. The standard InChI is InChI=1S/C20H22N4O3S/c1-12-5-6-13(2)16(11-12)21-18(28)23-24-17(25)20(3,22-19(24)26)14-7-9-15(27-4)10-8-14/h5-11H,1-4H3,(H,22,26)(H2,21,23,28)/t20-/m0/s1. The highest BCUT2D eigenvalue weighted by molar-refractivity contribution is 7.80. The summed E-state index contributed by atoms with van der Waals surface area (Å²) in [7, 11) is 1.56. The smallest absolute Gasteiger partial charge is 0.344 e. The van der Waals surface area contributed by atoms with Crippen molar-refractivity contribution >= 4 is 35.0 Å². The van der Waals surface area contributed by atoms with Gasteiger partial charge >= 0.3 is 6.03 Å². The van der Waals surface area contributed by atoms with Crippen LogP contribution in [0.5, 0.6) is 5.75 Å². The number of benzene rings is 2. The van der Waals surface area contributed by atoms with E-state index in [-0.39, 0.29) is 5.11 Å². The fourth-order valence-corrected chi connectivity index (χ4v) is 3.18. The predicted octanol–water partition coefficient (Wildman–Crippen LogP) is 2.98. The maximum atomic E-state index is 13.0. The Labute approximate surface area is 169 Å². The van der Waals surface area contributed by atoms with Gasteiger partial charge in [-0.2, -0.15) is 5.01 Å². The number of urea groups is 1. The molecule has 1 heterocycles. The molecule has 1 aliphatic heterocycles. The Morgan fingerprint density at radius 3 is 2.46 bits per heavy atom. The molecule has 0 aromatic heterocycles. The Hall–Kier alpha value is -3.13. The molecule has 3 amide bonds. The van der Waals surface area contributed by atoms with E-state index >= 15 is 0 Å². The number of anilines is 1. The number of hydrazine groups is 1. The van der Waals surface area contributed by atoms with Gasteiger partial charge in [0.15, 0.2) is 5.11 Å². The number of nitrogens with one attached hydrogen (secondary N) is 3. The zero-order valence-corrected chi connectivity index (χ0v) is 16.9. The summed E-state index contributed by atoms with van der Waals surface area (Å²) < 4.78 is 5.14. The van der Waals surface area contributed by atoms with Crippen LogP contribution in [0.2, 0.25) is 0 Å². The molecular weight excluding hydrogens is 376 g/mol. The number of thiocarbonyl (C=S) groups is 1. The molecule has 1 fully saturated rings. The van der Waals surface area contributed by atoms with Crippen molar-refractivity contribution in [3.63, 3.8) is 0 Å². The fourth-order valence-electron chi connectivity index (χ4n) is 2.98. The third-order valence-electron chi connectivity index (χ3n) is 4.71. The van der Waals surface area contributed by atoms with Crippen molar-refractivity contribution in [3.8, 4) is 5.75 Å². The molecule has 1 atom stereocenters. The minimum Gasteiger partial charge on any atom is -0.497 e. The van der Waals surface area contributed by atoms with Gasteiger partial charge in [-0.1, -0.05) is 24.3 Å². The molecule has 146 valence electrons. The molecule has 0 bridgehead atoms. The number of carbonyl (C=O) groups excluding carboxylic acids is 2. The zero-order valence-electron chi connectivity index (χ0n) is 16.1. The number of ether oxygens (including phenoxy) is 1. The second-order valence-corrected chi connectivity index (χ2v) is 7.22. The van der Waals surface area contributed by atoms with Gasteiger partial charge in [-0.15, -0.1) is 0 Å². The second kappa shape index (κ2) is 7.47. The third kappa shape index (κ3) is 3.63. The molecule has 3 N–H and O–H groups in total. The Bertz CT molecular complexity index is 945. The first-order valence-electron chi connectivity index (χ1n) is 8.70. The van der Waals surface area contributed by atoms with Gasteiger partial charge in [-0.05, 0) is 67.9 Å². The molecule has 8 heteroatoms. The van der Waals surface area contributed by atoms with Crippen LogP contribution < -0.4 is 20.8 Å². The van der Waals surface area contributed by atoms with E-state index in [1.165, 1.54) is 0 Å². The predicted molar refractivity (Wildman–Crippen MR) is 111 cm³/mol. The lowest BCUT2D eigenvalue weighted by molar-refractivity contribution is -0.132. The number of rotatable bonds is 4. The molecule has 0 saturated carbocycles. The van der Waals surface area contributed by atoms with Crippen molar-refractivity contribution in [2.45, 2.75) is 26.3 Å². The average molecular weight is 398 g/mol. The Kier molecular flexibility index (Phi) is 5.24. The van der Waals surface area contributed by atoms with Crippen LogP contribution in [0.4, 0.5) is 10.5 Å². The van der Waals surface area contributed by atoms with Crippen molar-refractivity contribution in [2.24, 2.45) is 0 Å². The highest BCUT2D eigenvalue weighted by Gasteiger charge is 2.49. The van der Waals surface area contributed by atoms with E-state index in [9.17, 15) is 9.59 Å². The number of hydrogen-bond donors (Lipinski definition) is 3. The second-order valence-electron chi connectivity index (χ2n) is 6.81. The van der Waals surface area contributed by atoms with Crippen LogP contribution >= 0.6 is 12.2 Å². The Morgan fingerprint density at radius 1 is 1.14 bits per heavy atom. The molecule has 0 spiro atoms. The first-order chi connectivity index (χ1) is 13.2. The van der Waals surface area contributed by atoms with Crippen LogP contribution in [-0.2, 0) is 10.3 Å². The van der Waals surface area contributed by atoms with Crippen molar-refractivity contribution in [2.75, 3.05) is 12.4 Å². The summed E-state index contributed by atoms with van der Waals surface area (Å²) in [6, 6.07) is 12.3. The topological polar surface area (TPSA) is 82.7 Å². The zero-order chi connectivity index (χ0) is 20.5. The minimum absolute atomic E-state index is 0.149. The monoisotopic (exact) mass is 398 g/mol. The van der Waals surface area contributed by atoms with Gasteiger partial charge in [-0.3, -0.25) is 10.2 Å². The van der Waals surface area contributed by atoms with E-state index in [4.69, 9.17) is 17.0 Å². The maximum absolute atomic E-state index is 13.0. The molecule has 1 aliphatic rings. The first-order valence-corrected chi connectivity index (χ1v) is 9.11. The summed E-state index contributed by atoms with van der Waals surface area (Å²) in [5, 5.41) is 6.79. The van der Waals surface area contributed by atoms with Crippen LogP contribution in [0, 0.1) is 13.8 Å². The van der Waals surface area contributed by atoms with Gasteiger partial charge in [0.2, 0.25) is 0 Å². The van der Waals surface area contributed by atoms with Gasteiger partial charge in [0.1, 0.15) is 11.3 Å². The molecular formula is C20H22N4O3S. The van der Waals surface area contributed by atoms with E-state index in [0.717, 1.165) is 21.8 Å². The lowest BCUT2D eigenvalue weighted by Crippen LogP contribution is -2.49. The molecule has 2 aromatic carbocycles. The number of methoxy groups -OCH3 is 1. The molecule has 28 heavy (non-hydrogen) atoms. The third-order valence-corrected chi connectivity index (χ3v) is 4.91. The highest BCUT2D eigenvalue weighted by atomic mass is 32.1. The maximum Gasteiger partial charge on any atom is 0.344 e. The average Bonchev–Trinajstić information content (AvgIpc) is 2.89. The summed E-state index contributed by atoms with van der Waals surface area (Å²) in [6.45, 7) is 5.57. The van der Waals surface area contributed by atoms with Crippen molar-refractivity contribution in [1.29, 1.82) is 0 Å². The number of imide groups is 1. The largest absolute Gasteiger partial charge is 0.497 e. The van der Waals surface area contributed by atoms with Crippen LogP contribution in [0.3, 0.4) is 0 Å². The van der Waals surface area contributed by atoms with Crippen molar-refractivity contribution < 1.29 is 14.3 Å². The fraction of sp³-hybridized carbons (Fsp3) is 0.250. The Morgan fingerprint density at radius 2 is 1.82 bits per heavy atom. The molecule has 1 saturated heterocycles. The summed E-state index contributed by atoms with van der Waals surface area (Å²) in [5.74, 6) is 0.214. The van der Waals surface area contributed by atoms with E-state index < -0.39 is 17.5 Å². The summed E-state index contributed by atoms with van der Waals surface area (Å²) in [4.78, 5) is 25.4. The molecule has 0 aliphatic carbocycles. The van der Waals surface area contributed by atoms with Crippen molar-refractivity contribution in [3.05, 3.63) is 59.2 Å². The number of carbonyl (C=O) groups is 2. The van der Waals surface area contributed by atoms with Crippen LogP contribution in [0.15, 0.2) is 42.5 Å². The number of amides is 3. The minimum atomic E-state index is -1.20. The normalized spacial score (nSPS) is 18.6. The summed E-state index contributed by atoms with van der Waals surface area (Å²) in [5.41, 5.74) is 5.00. The molecule has 3 rings (SSSR count). The van der Waals surface area contributed by atoms with E-state index in [0.29, 0.717) is 11.3 Å². The van der Waals surface area contributed by atoms with Crippen LogP contribution in [0.25, 0.3) is 0 Å².